The van der Waals surface area contributed by atoms with Crippen molar-refractivity contribution >= 4 is 0 Å². The number of likely N-dealkylation sites (tertiary alicyclic amines) is 1. The largest absolute Gasteiger partial charge is 0.330 e. The molecular formula is C20H26N2. The number of hydrogen-bond acceptors (Lipinski definition) is 2. The molecule has 2 heteroatoms. The van der Waals surface area contributed by atoms with E-state index in [4.69, 9.17) is 5.73 Å². The minimum Gasteiger partial charge on any atom is -0.330 e. The van der Waals surface area contributed by atoms with E-state index in [0.717, 1.165) is 18.9 Å². The summed E-state index contributed by atoms with van der Waals surface area (Å²) in [6.45, 7) is 3.19. The van der Waals surface area contributed by atoms with E-state index in [2.05, 4.69) is 65.6 Å². The Morgan fingerprint density at radius 2 is 1.55 bits per heavy atom. The summed E-state index contributed by atoms with van der Waals surface area (Å²) in [6, 6.07) is 22.2. The molecule has 0 aromatic heterocycles. The summed E-state index contributed by atoms with van der Waals surface area (Å²) < 4.78 is 0. The van der Waals surface area contributed by atoms with Gasteiger partial charge in [0.2, 0.25) is 0 Å². The topological polar surface area (TPSA) is 29.3 Å². The fraction of sp³-hybridized carbons (Fsp3) is 0.400. The van der Waals surface area contributed by atoms with E-state index in [1.807, 2.05) is 0 Å². The van der Waals surface area contributed by atoms with Crippen molar-refractivity contribution in [2.75, 3.05) is 19.6 Å². The van der Waals surface area contributed by atoms with E-state index >= 15 is 0 Å². The Bertz CT molecular complexity index is 513. The van der Waals surface area contributed by atoms with Gasteiger partial charge in [-0.15, -0.1) is 0 Å². The molecule has 1 atom stereocenters. The van der Waals surface area contributed by atoms with Crippen LogP contribution >= 0.6 is 0 Å². The standard InChI is InChI=1S/C20H26N2/c21-14-7-8-17-13-15-22(16-17)20(18-9-3-1-4-10-18)19-11-5-2-6-12-19/h1-6,9-12,17,20H,7-8,13-16,21H2. The van der Waals surface area contributed by atoms with Gasteiger partial charge in [0.15, 0.2) is 0 Å². The molecule has 2 aromatic carbocycles. The third kappa shape index (κ3) is 3.57. The molecule has 1 heterocycles. The van der Waals surface area contributed by atoms with Crippen molar-refractivity contribution in [2.45, 2.75) is 25.3 Å². The molecule has 22 heavy (non-hydrogen) atoms. The molecule has 1 saturated heterocycles. The first-order chi connectivity index (χ1) is 10.9. The van der Waals surface area contributed by atoms with Gasteiger partial charge in [-0.05, 0) is 49.4 Å². The molecule has 1 fully saturated rings. The van der Waals surface area contributed by atoms with Gasteiger partial charge in [-0.1, -0.05) is 60.7 Å². The van der Waals surface area contributed by atoms with Gasteiger partial charge in [0.1, 0.15) is 0 Å². The van der Waals surface area contributed by atoms with Crippen molar-refractivity contribution < 1.29 is 0 Å². The second-order valence-electron chi connectivity index (χ2n) is 6.30. The van der Waals surface area contributed by atoms with Crippen LogP contribution in [0, 0.1) is 5.92 Å². The summed E-state index contributed by atoms with van der Waals surface area (Å²) in [6.07, 6.45) is 3.72. The van der Waals surface area contributed by atoms with Crippen LogP contribution in [0.25, 0.3) is 0 Å². The van der Waals surface area contributed by atoms with E-state index in [0.29, 0.717) is 6.04 Å². The zero-order valence-electron chi connectivity index (χ0n) is 13.2. The maximum atomic E-state index is 5.67. The molecule has 0 spiro atoms. The molecule has 0 amide bonds. The molecular weight excluding hydrogens is 268 g/mol. The molecule has 2 N–H and O–H groups in total. The second-order valence-corrected chi connectivity index (χ2v) is 6.30. The highest BCUT2D eigenvalue weighted by Crippen LogP contribution is 2.34. The van der Waals surface area contributed by atoms with Gasteiger partial charge in [0.25, 0.3) is 0 Å². The zero-order valence-corrected chi connectivity index (χ0v) is 13.2. The van der Waals surface area contributed by atoms with E-state index in [1.54, 1.807) is 0 Å². The van der Waals surface area contributed by atoms with E-state index in [9.17, 15) is 0 Å². The molecule has 0 saturated carbocycles. The van der Waals surface area contributed by atoms with Gasteiger partial charge >= 0.3 is 0 Å². The highest BCUT2D eigenvalue weighted by atomic mass is 15.2. The maximum Gasteiger partial charge on any atom is 0.0601 e. The summed E-state index contributed by atoms with van der Waals surface area (Å²) >= 11 is 0. The summed E-state index contributed by atoms with van der Waals surface area (Å²) in [7, 11) is 0. The minimum absolute atomic E-state index is 0.380. The average Bonchev–Trinajstić information content (AvgIpc) is 3.04. The third-order valence-electron chi connectivity index (χ3n) is 4.73. The summed E-state index contributed by atoms with van der Waals surface area (Å²) in [5.41, 5.74) is 8.46. The Labute approximate surface area is 134 Å². The van der Waals surface area contributed by atoms with Crippen molar-refractivity contribution in [2.24, 2.45) is 11.7 Å². The predicted molar refractivity (Wildman–Crippen MR) is 92.7 cm³/mol. The molecule has 0 aliphatic carbocycles. The zero-order chi connectivity index (χ0) is 15.2. The monoisotopic (exact) mass is 294 g/mol. The van der Waals surface area contributed by atoms with Crippen molar-refractivity contribution in [3.8, 4) is 0 Å². The van der Waals surface area contributed by atoms with E-state index in [-0.39, 0.29) is 0 Å². The van der Waals surface area contributed by atoms with Gasteiger partial charge in [0.05, 0.1) is 6.04 Å². The first kappa shape index (κ1) is 15.3. The van der Waals surface area contributed by atoms with Gasteiger partial charge in [0, 0.05) is 6.54 Å². The van der Waals surface area contributed by atoms with Crippen molar-refractivity contribution in [1.82, 2.24) is 4.90 Å². The van der Waals surface area contributed by atoms with Gasteiger partial charge < -0.3 is 5.73 Å². The lowest BCUT2D eigenvalue weighted by Crippen LogP contribution is -2.27. The average molecular weight is 294 g/mol. The molecule has 1 aliphatic rings. The van der Waals surface area contributed by atoms with Crippen molar-refractivity contribution in [1.29, 1.82) is 0 Å². The Hall–Kier alpha value is -1.64. The number of hydrogen-bond donors (Lipinski definition) is 1. The van der Waals surface area contributed by atoms with Crippen LogP contribution < -0.4 is 5.73 Å². The van der Waals surface area contributed by atoms with Crippen LogP contribution in [-0.4, -0.2) is 24.5 Å². The van der Waals surface area contributed by atoms with Crippen LogP contribution in [0.2, 0.25) is 0 Å². The highest BCUT2D eigenvalue weighted by Gasteiger charge is 2.29. The van der Waals surface area contributed by atoms with Crippen LogP contribution in [0.5, 0.6) is 0 Å². The predicted octanol–water partition coefficient (Wildman–Crippen LogP) is 3.84. The van der Waals surface area contributed by atoms with Crippen LogP contribution in [0.1, 0.15) is 36.4 Å². The third-order valence-corrected chi connectivity index (χ3v) is 4.73. The normalized spacial score (nSPS) is 18.9. The lowest BCUT2D eigenvalue weighted by molar-refractivity contribution is 0.267. The van der Waals surface area contributed by atoms with Crippen LogP contribution in [0.4, 0.5) is 0 Å². The first-order valence-corrected chi connectivity index (χ1v) is 8.42. The quantitative estimate of drug-likeness (QED) is 0.877. The SMILES string of the molecule is NCCCC1CCN(C(c2ccccc2)c2ccccc2)C1. The number of benzene rings is 2. The van der Waals surface area contributed by atoms with Gasteiger partial charge in [-0.2, -0.15) is 0 Å². The van der Waals surface area contributed by atoms with E-state index < -0.39 is 0 Å². The van der Waals surface area contributed by atoms with Crippen molar-refractivity contribution in [3.05, 3.63) is 71.8 Å². The van der Waals surface area contributed by atoms with Gasteiger partial charge in [-0.25, -0.2) is 0 Å². The molecule has 0 radical (unpaired) electrons. The lowest BCUT2D eigenvalue weighted by atomic mass is 9.97. The molecule has 3 rings (SSSR count). The lowest BCUT2D eigenvalue weighted by Gasteiger charge is -2.29. The highest BCUT2D eigenvalue weighted by molar-refractivity contribution is 5.32. The summed E-state index contributed by atoms with van der Waals surface area (Å²) in [4.78, 5) is 2.64. The fourth-order valence-electron chi connectivity index (χ4n) is 3.62. The minimum atomic E-state index is 0.380. The maximum absolute atomic E-state index is 5.67. The summed E-state index contributed by atoms with van der Waals surface area (Å²) in [5, 5.41) is 0. The first-order valence-electron chi connectivity index (χ1n) is 8.42. The number of rotatable bonds is 6. The second kappa shape index (κ2) is 7.57. The molecule has 2 aromatic rings. The Kier molecular flexibility index (Phi) is 5.25. The van der Waals surface area contributed by atoms with Crippen LogP contribution in [-0.2, 0) is 0 Å². The molecule has 1 aliphatic heterocycles. The van der Waals surface area contributed by atoms with Crippen LogP contribution in [0.3, 0.4) is 0 Å². The number of nitrogens with zero attached hydrogens (tertiary/aromatic N) is 1. The fourth-order valence-corrected chi connectivity index (χ4v) is 3.62. The Morgan fingerprint density at radius 3 is 2.09 bits per heavy atom. The molecule has 116 valence electrons. The van der Waals surface area contributed by atoms with Crippen LogP contribution in [0.15, 0.2) is 60.7 Å². The molecule has 2 nitrogen and oxygen atoms in total. The van der Waals surface area contributed by atoms with E-state index in [1.165, 1.54) is 37.1 Å². The number of nitrogens with two attached hydrogens (primary N) is 1. The Balaban J connectivity index is 1.81. The Morgan fingerprint density at radius 1 is 0.955 bits per heavy atom. The van der Waals surface area contributed by atoms with Crippen molar-refractivity contribution in [3.63, 3.8) is 0 Å². The smallest absolute Gasteiger partial charge is 0.0601 e. The van der Waals surface area contributed by atoms with Gasteiger partial charge in [-0.3, -0.25) is 4.90 Å². The molecule has 1 unspecified atom stereocenters. The molecule has 0 bridgehead atoms. The summed E-state index contributed by atoms with van der Waals surface area (Å²) in [5.74, 6) is 0.804.